The number of unbranched alkanes of at least 4 members (excludes halogenated alkanes) is 5. The average molecular weight is 361 g/mol. The van der Waals surface area contributed by atoms with E-state index in [1.807, 2.05) is 24.3 Å². The minimum absolute atomic E-state index is 0.138. The summed E-state index contributed by atoms with van der Waals surface area (Å²) >= 11 is 0. The molecule has 0 aliphatic carbocycles. The number of anilines is 1. The Kier molecular flexibility index (Phi) is 10.9. The molecule has 26 heavy (non-hydrogen) atoms. The molecule has 144 valence electrons. The van der Waals surface area contributed by atoms with Crippen LogP contribution in [0.3, 0.4) is 0 Å². The molecule has 0 saturated carbocycles. The molecule has 5 heteroatoms. The van der Waals surface area contributed by atoms with Gasteiger partial charge in [0.25, 0.3) is 0 Å². The van der Waals surface area contributed by atoms with Crippen LogP contribution in [0.15, 0.2) is 36.4 Å². The Morgan fingerprint density at radius 3 is 2.38 bits per heavy atom. The summed E-state index contributed by atoms with van der Waals surface area (Å²) in [5, 5.41) is 0. The molecule has 0 aromatic heterocycles. The van der Waals surface area contributed by atoms with Gasteiger partial charge in [0.15, 0.2) is 0 Å². The third-order valence-electron chi connectivity index (χ3n) is 3.96. The lowest BCUT2D eigenvalue weighted by Gasteiger charge is -2.06. The number of hydrogen-bond donors (Lipinski definition) is 1. The second-order valence-electron chi connectivity index (χ2n) is 6.50. The Labute approximate surface area is 156 Å². The molecule has 0 bridgehead atoms. The lowest BCUT2D eigenvalue weighted by molar-refractivity contribution is -0.143. The van der Waals surface area contributed by atoms with Crippen LogP contribution in [0, 0.1) is 0 Å². The van der Waals surface area contributed by atoms with Crippen molar-refractivity contribution in [2.45, 2.75) is 58.3 Å². The standard InChI is InChI=1S/C21H31NO4/c1-17(2)21(24)26-14-8-6-4-3-5-7-12-20(23)25-15-13-18-10-9-11-19(22)16-18/h9-11,16H,1,3-8,12-15,22H2,2H3. The molecule has 5 nitrogen and oxygen atoms in total. The van der Waals surface area contributed by atoms with Gasteiger partial charge in [0.05, 0.1) is 13.2 Å². The fourth-order valence-electron chi connectivity index (χ4n) is 2.47. The summed E-state index contributed by atoms with van der Waals surface area (Å²) in [6.07, 6.45) is 7.05. The van der Waals surface area contributed by atoms with E-state index in [4.69, 9.17) is 15.2 Å². The average Bonchev–Trinajstić information content (AvgIpc) is 2.60. The van der Waals surface area contributed by atoms with Crippen LogP contribution in [-0.4, -0.2) is 25.2 Å². The molecule has 0 aliphatic rings. The molecule has 0 fully saturated rings. The molecular formula is C21H31NO4. The highest BCUT2D eigenvalue weighted by Crippen LogP contribution is 2.10. The van der Waals surface area contributed by atoms with Gasteiger partial charge in [-0.25, -0.2) is 4.79 Å². The van der Waals surface area contributed by atoms with Crippen LogP contribution < -0.4 is 5.73 Å². The second-order valence-corrected chi connectivity index (χ2v) is 6.50. The van der Waals surface area contributed by atoms with Crippen molar-refractivity contribution in [3.63, 3.8) is 0 Å². The number of nitrogens with two attached hydrogens (primary N) is 1. The molecule has 0 unspecified atom stereocenters. The molecule has 0 radical (unpaired) electrons. The van der Waals surface area contributed by atoms with Crippen molar-refractivity contribution >= 4 is 17.6 Å². The Hall–Kier alpha value is -2.30. The third-order valence-corrected chi connectivity index (χ3v) is 3.96. The zero-order valence-corrected chi connectivity index (χ0v) is 15.8. The van der Waals surface area contributed by atoms with Gasteiger partial charge >= 0.3 is 11.9 Å². The molecule has 1 aromatic carbocycles. The van der Waals surface area contributed by atoms with Crippen molar-refractivity contribution in [2.24, 2.45) is 0 Å². The van der Waals surface area contributed by atoms with E-state index in [-0.39, 0.29) is 11.9 Å². The Balaban J connectivity index is 1.92. The quantitative estimate of drug-likeness (QED) is 0.246. The number of ether oxygens (including phenoxy) is 2. The predicted octanol–water partition coefficient (Wildman–Crippen LogP) is 4.20. The Bertz CT molecular complexity index is 583. The zero-order valence-electron chi connectivity index (χ0n) is 15.8. The van der Waals surface area contributed by atoms with Gasteiger partial charge in [-0.1, -0.05) is 44.4 Å². The molecule has 0 saturated heterocycles. The van der Waals surface area contributed by atoms with E-state index in [1.54, 1.807) is 6.92 Å². The maximum atomic E-state index is 11.7. The van der Waals surface area contributed by atoms with Gasteiger partial charge in [0.1, 0.15) is 0 Å². The first-order chi connectivity index (χ1) is 12.5. The number of esters is 2. The van der Waals surface area contributed by atoms with E-state index in [9.17, 15) is 9.59 Å². The summed E-state index contributed by atoms with van der Waals surface area (Å²) in [4.78, 5) is 22.9. The van der Waals surface area contributed by atoms with Crippen LogP contribution in [-0.2, 0) is 25.5 Å². The smallest absolute Gasteiger partial charge is 0.333 e. The van der Waals surface area contributed by atoms with Crippen molar-refractivity contribution in [2.75, 3.05) is 18.9 Å². The van der Waals surface area contributed by atoms with Crippen molar-refractivity contribution < 1.29 is 19.1 Å². The summed E-state index contributed by atoms with van der Waals surface area (Å²) in [5.74, 6) is -0.458. The number of rotatable bonds is 13. The van der Waals surface area contributed by atoms with Gasteiger partial charge in [0, 0.05) is 24.1 Å². The topological polar surface area (TPSA) is 78.6 Å². The van der Waals surface area contributed by atoms with E-state index in [0.29, 0.717) is 31.6 Å². The van der Waals surface area contributed by atoms with Gasteiger partial charge in [-0.2, -0.15) is 0 Å². The monoisotopic (exact) mass is 361 g/mol. The lowest BCUT2D eigenvalue weighted by Crippen LogP contribution is -2.07. The highest BCUT2D eigenvalue weighted by Gasteiger charge is 2.04. The molecule has 0 heterocycles. The molecular weight excluding hydrogens is 330 g/mol. The normalized spacial score (nSPS) is 10.3. The largest absolute Gasteiger partial charge is 0.465 e. The first-order valence-electron chi connectivity index (χ1n) is 9.31. The van der Waals surface area contributed by atoms with E-state index < -0.39 is 0 Å². The Morgan fingerprint density at radius 2 is 1.69 bits per heavy atom. The van der Waals surface area contributed by atoms with Crippen LogP contribution in [0.2, 0.25) is 0 Å². The van der Waals surface area contributed by atoms with Gasteiger partial charge in [-0.05, 0) is 37.5 Å². The fraction of sp³-hybridized carbons (Fsp3) is 0.524. The SMILES string of the molecule is C=C(C)C(=O)OCCCCCCCCC(=O)OCCc1cccc(N)c1. The van der Waals surface area contributed by atoms with Crippen LogP contribution >= 0.6 is 0 Å². The number of carbonyl (C=O) groups excluding carboxylic acids is 2. The molecule has 0 spiro atoms. The molecule has 2 N–H and O–H groups in total. The van der Waals surface area contributed by atoms with Crippen LogP contribution in [0.5, 0.6) is 0 Å². The first kappa shape index (κ1) is 21.7. The first-order valence-corrected chi connectivity index (χ1v) is 9.31. The lowest BCUT2D eigenvalue weighted by atomic mass is 10.1. The molecule has 0 atom stereocenters. The predicted molar refractivity (Wildman–Crippen MR) is 104 cm³/mol. The highest BCUT2D eigenvalue weighted by molar-refractivity contribution is 5.86. The van der Waals surface area contributed by atoms with E-state index >= 15 is 0 Å². The van der Waals surface area contributed by atoms with Gasteiger partial charge < -0.3 is 15.2 Å². The second kappa shape index (κ2) is 13.0. The number of benzene rings is 1. The molecule has 0 aliphatic heterocycles. The minimum Gasteiger partial charge on any atom is -0.465 e. The molecule has 0 amide bonds. The maximum Gasteiger partial charge on any atom is 0.333 e. The summed E-state index contributed by atoms with van der Waals surface area (Å²) < 4.78 is 10.3. The van der Waals surface area contributed by atoms with Gasteiger partial charge in [-0.3, -0.25) is 4.79 Å². The zero-order chi connectivity index (χ0) is 19.2. The number of hydrogen-bond acceptors (Lipinski definition) is 5. The van der Waals surface area contributed by atoms with Crippen molar-refractivity contribution in [1.82, 2.24) is 0 Å². The van der Waals surface area contributed by atoms with Crippen molar-refractivity contribution in [3.05, 3.63) is 42.0 Å². The summed E-state index contributed by atoms with van der Waals surface area (Å²) in [7, 11) is 0. The van der Waals surface area contributed by atoms with Crippen LogP contribution in [0.1, 0.15) is 57.4 Å². The van der Waals surface area contributed by atoms with E-state index in [2.05, 4.69) is 6.58 Å². The van der Waals surface area contributed by atoms with Gasteiger partial charge in [-0.15, -0.1) is 0 Å². The third kappa shape index (κ3) is 10.5. The summed E-state index contributed by atoms with van der Waals surface area (Å²) in [6.45, 7) is 6.03. The number of nitrogen functional groups attached to an aromatic ring is 1. The van der Waals surface area contributed by atoms with Crippen molar-refractivity contribution in [1.29, 1.82) is 0 Å². The van der Waals surface area contributed by atoms with Crippen LogP contribution in [0.25, 0.3) is 0 Å². The van der Waals surface area contributed by atoms with E-state index in [0.717, 1.165) is 49.8 Å². The summed E-state index contributed by atoms with van der Waals surface area (Å²) in [6, 6.07) is 7.61. The summed E-state index contributed by atoms with van der Waals surface area (Å²) in [5.41, 5.74) is 7.95. The van der Waals surface area contributed by atoms with E-state index in [1.165, 1.54) is 0 Å². The van der Waals surface area contributed by atoms with Crippen molar-refractivity contribution in [3.8, 4) is 0 Å². The highest BCUT2D eigenvalue weighted by atomic mass is 16.5. The van der Waals surface area contributed by atoms with Crippen LogP contribution in [0.4, 0.5) is 5.69 Å². The minimum atomic E-state index is -0.320. The molecule has 1 rings (SSSR count). The number of carbonyl (C=O) groups is 2. The molecule has 1 aromatic rings. The Morgan fingerprint density at radius 1 is 1.00 bits per heavy atom. The maximum absolute atomic E-state index is 11.7. The fourth-order valence-corrected chi connectivity index (χ4v) is 2.47. The van der Waals surface area contributed by atoms with Gasteiger partial charge in [0.2, 0.25) is 0 Å².